The topological polar surface area (TPSA) is 87.2 Å². The molecule has 1 aromatic rings. The molecular formula is C12H23N5O2S. The monoisotopic (exact) mass is 301 g/mol. The third-order valence-corrected chi connectivity index (χ3v) is 3.90. The third kappa shape index (κ3) is 6.67. The van der Waals surface area contributed by atoms with E-state index in [1.165, 1.54) is 0 Å². The number of sulfonamides is 1. The Balaban J connectivity index is 2.50. The molecule has 114 valence electrons. The van der Waals surface area contributed by atoms with Crippen LogP contribution in [0.15, 0.2) is 12.1 Å². The molecule has 0 aliphatic rings. The molecule has 0 saturated carbocycles. The average Bonchev–Trinajstić information content (AvgIpc) is 2.38. The highest BCUT2D eigenvalue weighted by Crippen LogP contribution is 2.08. The lowest BCUT2D eigenvalue weighted by atomic mass is 10.4. The van der Waals surface area contributed by atoms with E-state index in [9.17, 15) is 8.42 Å². The van der Waals surface area contributed by atoms with Crippen LogP contribution >= 0.6 is 0 Å². The summed E-state index contributed by atoms with van der Waals surface area (Å²) in [5, 5.41) is 10.9. The number of likely N-dealkylation sites (N-methyl/N-ethyl adjacent to an activating group) is 1. The Kier molecular flexibility index (Phi) is 6.66. The first-order valence-corrected chi connectivity index (χ1v) is 8.31. The smallest absolute Gasteiger partial charge is 0.233 e. The predicted molar refractivity (Wildman–Crippen MR) is 81.4 cm³/mol. The molecule has 0 saturated heterocycles. The van der Waals surface area contributed by atoms with Gasteiger partial charge in [-0.3, -0.25) is 4.72 Å². The lowest BCUT2D eigenvalue weighted by Gasteiger charge is -2.11. The maximum atomic E-state index is 11.7. The van der Waals surface area contributed by atoms with Crippen molar-refractivity contribution in [3.8, 4) is 0 Å². The molecule has 0 atom stereocenters. The van der Waals surface area contributed by atoms with Crippen LogP contribution in [0.5, 0.6) is 0 Å². The van der Waals surface area contributed by atoms with E-state index in [1.807, 2.05) is 21.0 Å². The van der Waals surface area contributed by atoms with Crippen LogP contribution < -0.4 is 10.0 Å². The van der Waals surface area contributed by atoms with Crippen molar-refractivity contribution in [1.82, 2.24) is 15.1 Å². The molecule has 8 heteroatoms. The highest BCUT2D eigenvalue weighted by molar-refractivity contribution is 7.92. The SMILES string of the molecule is CCCCS(=O)(=O)Nc1ccc(NCCN(C)C)nn1. The zero-order valence-corrected chi connectivity index (χ0v) is 13.1. The normalized spacial score (nSPS) is 11.6. The molecular weight excluding hydrogens is 278 g/mol. The van der Waals surface area contributed by atoms with Crippen LogP contribution in [0.2, 0.25) is 0 Å². The minimum Gasteiger partial charge on any atom is -0.367 e. The summed E-state index contributed by atoms with van der Waals surface area (Å²) in [4.78, 5) is 2.05. The first-order valence-electron chi connectivity index (χ1n) is 6.66. The molecule has 0 spiro atoms. The van der Waals surface area contributed by atoms with Crippen LogP contribution in [-0.4, -0.2) is 56.5 Å². The van der Waals surface area contributed by atoms with Gasteiger partial charge in [0.15, 0.2) is 5.82 Å². The van der Waals surface area contributed by atoms with E-state index in [-0.39, 0.29) is 11.6 Å². The van der Waals surface area contributed by atoms with Gasteiger partial charge in [0.25, 0.3) is 0 Å². The van der Waals surface area contributed by atoms with Crippen molar-refractivity contribution < 1.29 is 8.42 Å². The van der Waals surface area contributed by atoms with E-state index in [0.29, 0.717) is 12.2 Å². The van der Waals surface area contributed by atoms with Gasteiger partial charge in [0.2, 0.25) is 10.0 Å². The van der Waals surface area contributed by atoms with Crippen LogP contribution in [0.25, 0.3) is 0 Å². The molecule has 0 aliphatic heterocycles. The van der Waals surface area contributed by atoms with Gasteiger partial charge in [-0.2, -0.15) is 0 Å². The van der Waals surface area contributed by atoms with Crippen LogP contribution in [0, 0.1) is 0 Å². The fourth-order valence-corrected chi connectivity index (χ4v) is 2.63. The van der Waals surface area contributed by atoms with Crippen molar-refractivity contribution in [2.75, 3.05) is 43.0 Å². The van der Waals surface area contributed by atoms with E-state index < -0.39 is 10.0 Å². The van der Waals surface area contributed by atoms with Crippen molar-refractivity contribution >= 4 is 21.7 Å². The standard InChI is InChI=1S/C12H23N5O2S/c1-4-5-10-20(18,19)16-12-7-6-11(14-15-12)13-8-9-17(2)3/h6-7H,4-5,8-10H2,1-3H3,(H,13,14)(H,15,16). The maximum Gasteiger partial charge on any atom is 0.233 e. The quantitative estimate of drug-likeness (QED) is 0.707. The van der Waals surface area contributed by atoms with E-state index in [0.717, 1.165) is 19.5 Å². The maximum absolute atomic E-state index is 11.7. The summed E-state index contributed by atoms with van der Waals surface area (Å²) in [6, 6.07) is 3.31. The van der Waals surface area contributed by atoms with Gasteiger partial charge in [-0.25, -0.2) is 8.42 Å². The Morgan fingerprint density at radius 3 is 2.40 bits per heavy atom. The first kappa shape index (κ1) is 16.6. The minimum absolute atomic E-state index is 0.105. The predicted octanol–water partition coefficient (Wildman–Crippen LogP) is 0.992. The van der Waals surface area contributed by atoms with Crippen LogP contribution in [0.4, 0.5) is 11.6 Å². The summed E-state index contributed by atoms with van der Waals surface area (Å²) in [6.07, 6.45) is 1.47. The molecule has 0 aromatic carbocycles. The molecule has 0 amide bonds. The summed E-state index contributed by atoms with van der Waals surface area (Å²) in [6.45, 7) is 3.58. The minimum atomic E-state index is -3.32. The molecule has 7 nitrogen and oxygen atoms in total. The third-order valence-electron chi connectivity index (χ3n) is 2.56. The van der Waals surface area contributed by atoms with Crippen LogP contribution in [-0.2, 0) is 10.0 Å². The Morgan fingerprint density at radius 1 is 1.20 bits per heavy atom. The fourth-order valence-electron chi connectivity index (χ4n) is 1.43. The first-order chi connectivity index (χ1) is 9.43. The van der Waals surface area contributed by atoms with Crippen molar-refractivity contribution in [2.24, 2.45) is 0 Å². The highest BCUT2D eigenvalue weighted by Gasteiger charge is 2.10. The second-order valence-electron chi connectivity index (χ2n) is 4.81. The van der Waals surface area contributed by atoms with E-state index >= 15 is 0 Å². The number of unbranched alkanes of at least 4 members (excludes halogenated alkanes) is 1. The van der Waals surface area contributed by atoms with Crippen LogP contribution in [0.1, 0.15) is 19.8 Å². The second-order valence-corrected chi connectivity index (χ2v) is 6.65. The van der Waals surface area contributed by atoms with Crippen LogP contribution in [0.3, 0.4) is 0 Å². The Bertz CT molecular complexity index is 487. The van der Waals surface area contributed by atoms with Crippen molar-refractivity contribution in [1.29, 1.82) is 0 Å². The molecule has 20 heavy (non-hydrogen) atoms. The summed E-state index contributed by atoms with van der Waals surface area (Å²) in [5.74, 6) is 0.983. The molecule has 0 radical (unpaired) electrons. The van der Waals surface area contributed by atoms with Gasteiger partial charge >= 0.3 is 0 Å². The lowest BCUT2D eigenvalue weighted by molar-refractivity contribution is 0.425. The molecule has 0 fully saturated rings. The lowest BCUT2D eigenvalue weighted by Crippen LogP contribution is -2.21. The van der Waals surface area contributed by atoms with Gasteiger partial charge < -0.3 is 10.2 Å². The van der Waals surface area contributed by atoms with Gasteiger partial charge in [-0.15, -0.1) is 10.2 Å². The zero-order valence-electron chi connectivity index (χ0n) is 12.3. The highest BCUT2D eigenvalue weighted by atomic mass is 32.2. The van der Waals surface area contributed by atoms with Crippen molar-refractivity contribution in [3.63, 3.8) is 0 Å². The summed E-state index contributed by atoms with van der Waals surface area (Å²) < 4.78 is 25.8. The van der Waals surface area contributed by atoms with E-state index in [4.69, 9.17) is 0 Å². The molecule has 1 rings (SSSR count). The van der Waals surface area contributed by atoms with Gasteiger partial charge in [0.1, 0.15) is 5.82 Å². The van der Waals surface area contributed by atoms with Gasteiger partial charge in [-0.05, 0) is 32.6 Å². The zero-order chi connectivity index (χ0) is 15.0. The summed E-state index contributed by atoms with van der Waals surface area (Å²) in [5.41, 5.74) is 0. The number of nitrogens with zero attached hydrogens (tertiary/aromatic N) is 3. The summed E-state index contributed by atoms with van der Waals surface area (Å²) >= 11 is 0. The van der Waals surface area contributed by atoms with Gasteiger partial charge in [0.05, 0.1) is 5.75 Å². The number of hydrogen-bond donors (Lipinski definition) is 2. The molecule has 2 N–H and O–H groups in total. The molecule has 1 heterocycles. The number of aromatic nitrogens is 2. The number of anilines is 2. The van der Waals surface area contributed by atoms with E-state index in [2.05, 4.69) is 25.1 Å². The Hall–Kier alpha value is -1.41. The van der Waals surface area contributed by atoms with E-state index in [1.54, 1.807) is 12.1 Å². The summed E-state index contributed by atoms with van der Waals surface area (Å²) in [7, 11) is 0.658. The molecule has 1 aromatic heterocycles. The number of rotatable bonds is 9. The largest absolute Gasteiger partial charge is 0.367 e. The van der Waals surface area contributed by atoms with Crippen molar-refractivity contribution in [3.05, 3.63) is 12.1 Å². The number of hydrogen-bond acceptors (Lipinski definition) is 6. The number of nitrogens with one attached hydrogen (secondary N) is 2. The van der Waals surface area contributed by atoms with Crippen molar-refractivity contribution in [2.45, 2.75) is 19.8 Å². The molecule has 0 aliphatic carbocycles. The average molecular weight is 301 g/mol. The Labute approximate surface area is 120 Å². The Morgan fingerprint density at radius 2 is 1.85 bits per heavy atom. The van der Waals surface area contributed by atoms with Gasteiger partial charge in [-0.1, -0.05) is 13.3 Å². The van der Waals surface area contributed by atoms with Gasteiger partial charge in [0, 0.05) is 13.1 Å². The second kappa shape index (κ2) is 8.01. The fraction of sp³-hybridized carbons (Fsp3) is 0.667. The molecule has 0 bridgehead atoms. The molecule has 0 unspecified atom stereocenters.